The van der Waals surface area contributed by atoms with Crippen LogP contribution in [0.5, 0.6) is 0 Å². The van der Waals surface area contributed by atoms with Crippen LogP contribution in [0, 0.1) is 12.8 Å². The monoisotopic (exact) mass is 427 g/mol. The van der Waals surface area contributed by atoms with E-state index in [9.17, 15) is 9.59 Å². The fourth-order valence-corrected chi connectivity index (χ4v) is 4.11. The molecule has 2 aliphatic heterocycles. The molecule has 1 unspecified atom stereocenters. The van der Waals surface area contributed by atoms with Gasteiger partial charge in [-0.15, -0.1) is 0 Å². The smallest absolute Gasteiger partial charge is 0.229 e. The van der Waals surface area contributed by atoms with Crippen molar-refractivity contribution in [2.75, 3.05) is 43.1 Å². The number of morpholine rings is 1. The van der Waals surface area contributed by atoms with Crippen LogP contribution in [0.1, 0.15) is 17.5 Å². The maximum absolute atomic E-state index is 13.0. The minimum Gasteiger partial charge on any atom is -0.378 e. The molecule has 30 heavy (non-hydrogen) atoms. The minimum atomic E-state index is -0.375. The number of carbonyl (C=O) groups is 2. The first-order valence-electron chi connectivity index (χ1n) is 10.3. The number of likely N-dealkylation sites (tertiary alicyclic amines) is 1. The van der Waals surface area contributed by atoms with Gasteiger partial charge >= 0.3 is 0 Å². The number of halogens is 1. The molecule has 6 nitrogen and oxygen atoms in total. The van der Waals surface area contributed by atoms with Crippen LogP contribution in [0.3, 0.4) is 0 Å². The van der Waals surface area contributed by atoms with Gasteiger partial charge in [0.05, 0.1) is 30.5 Å². The summed E-state index contributed by atoms with van der Waals surface area (Å²) in [6, 6.07) is 13.6. The second-order valence-corrected chi connectivity index (χ2v) is 8.35. The van der Waals surface area contributed by atoms with Crippen molar-refractivity contribution in [1.82, 2.24) is 4.90 Å². The third kappa shape index (κ3) is 4.77. The van der Waals surface area contributed by atoms with E-state index in [0.29, 0.717) is 37.0 Å². The zero-order valence-electron chi connectivity index (χ0n) is 17.1. The number of nitrogens with zero attached hydrogens (tertiary/aromatic N) is 2. The summed E-state index contributed by atoms with van der Waals surface area (Å²) in [5, 5.41) is 3.58. The van der Waals surface area contributed by atoms with Crippen LogP contribution in [0.2, 0.25) is 5.02 Å². The highest BCUT2D eigenvalue weighted by Crippen LogP contribution is 2.31. The highest BCUT2D eigenvalue weighted by Gasteiger charge is 2.34. The van der Waals surface area contributed by atoms with Crippen molar-refractivity contribution in [2.24, 2.45) is 5.92 Å². The molecule has 0 aromatic heterocycles. The van der Waals surface area contributed by atoms with Crippen LogP contribution in [0.15, 0.2) is 42.5 Å². The Hall–Kier alpha value is -2.57. The largest absolute Gasteiger partial charge is 0.378 e. The van der Waals surface area contributed by atoms with Gasteiger partial charge in [0.15, 0.2) is 0 Å². The number of hydrogen-bond donors (Lipinski definition) is 1. The average Bonchev–Trinajstić information content (AvgIpc) is 3.11. The lowest BCUT2D eigenvalue weighted by Crippen LogP contribution is -2.37. The summed E-state index contributed by atoms with van der Waals surface area (Å²) in [5.74, 6) is -0.513. The number of anilines is 2. The molecule has 2 aliphatic rings. The molecule has 0 bridgehead atoms. The Balaban J connectivity index is 1.43. The molecular weight excluding hydrogens is 402 g/mol. The number of benzene rings is 2. The van der Waals surface area contributed by atoms with Gasteiger partial charge in [-0.1, -0.05) is 41.4 Å². The molecule has 4 rings (SSSR count). The second-order valence-electron chi connectivity index (χ2n) is 7.91. The zero-order valence-corrected chi connectivity index (χ0v) is 17.8. The average molecular weight is 428 g/mol. The third-order valence-electron chi connectivity index (χ3n) is 5.65. The quantitative estimate of drug-likeness (QED) is 0.793. The molecule has 1 N–H and O–H groups in total. The van der Waals surface area contributed by atoms with Crippen molar-refractivity contribution >= 4 is 34.8 Å². The lowest BCUT2D eigenvalue weighted by Gasteiger charge is -2.30. The molecule has 0 aliphatic carbocycles. The van der Waals surface area contributed by atoms with Crippen LogP contribution in [-0.2, 0) is 20.9 Å². The fraction of sp³-hybridized carbons (Fsp3) is 0.391. The second kappa shape index (κ2) is 9.06. The van der Waals surface area contributed by atoms with Gasteiger partial charge in [-0.25, -0.2) is 0 Å². The van der Waals surface area contributed by atoms with E-state index in [-0.39, 0.29) is 24.2 Å². The lowest BCUT2D eigenvalue weighted by atomic mass is 10.1. The van der Waals surface area contributed by atoms with Gasteiger partial charge in [-0.2, -0.15) is 0 Å². The van der Waals surface area contributed by atoms with Gasteiger partial charge in [0, 0.05) is 37.6 Å². The Morgan fingerprint density at radius 1 is 1.17 bits per heavy atom. The summed E-state index contributed by atoms with van der Waals surface area (Å²) in [6.45, 7) is 5.81. The third-order valence-corrected chi connectivity index (χ3v) is 5.88. The van der Waals surface area contributed by atoms with E-state index in [0.717, 1.165) is 24.3 Å². The van der Waals surface area contributed by atoms with Crippen LogP contribution < -0.4 is 10.2 Å². The molecule has 2 aromatic carbocycles. The summed E-state index contributed by atoms with van der Waals surface area (Å²) in [5.41, 5.74) is 3.86. The van der Waals surface area contributed by atoms with Crippen molar-refractivity contribution in [3.05, 3.63) is 58.6 Å². The number of amides is 2. The number of carbonyl (C=O) groups excluding carboxylic acids is 2. The Morgan fingerprint density at radius 3 is 2.63 bits per heavy atom. The molecule has 2 heterocycles. The van der Waals surface area contributed by atoms with Crippen LogP contribution >= 0.6 is 11.6 Å². The summed E-state index contributed by atoms with van der Waals surface area (Å²) in [4.78, 5) is 29.4. The molecule has 2 saturated heterocycles. The maximum Gasteiger partial charge on any atom is 0.229 e. The predicted molar refractivity (Wildman–Crippen MR) is 118 cm³/mol. The van der Waals surface area contributed by atoms with E-state index in [4.69, 9.17) is 16.3 Å². The number of rotatable bonds is 5. The van der Waals surface area contributed by atoms with Crippen LogP contribution in [0.4, 0.5) is 11.4 Å². The minimum absolute atomic E-state index is 0.00946. The maximum atomic E-state index is 13.0. The molecule has 0 spiro atoms. The predicted octanol–water partition coefficient (Wildman–Crippen LogP) is 3.47. The van der Waals surface area contributed by atoms with Crippen molar-refractivity contribution in [3.8, 4) is 0 Å². The summed E-state index contributed by atoms with van der Waals surface area (Å²) in [6.07, 6.45) is 0.227. The molecule has 7 heteroatoms. The molecule has 1 atom stereocenters. The molecular formula is C23H26ClN3O3. The molecule has 0 radical (unpaired) electrons. The molecule has 2 amide bonds. The standard InChI is InChI=1S/C23H26ClN3O3/c1-16-2-4-17(5-3-16)14-27-15-18(12-22(27)28)23(29)25-20-13-19(24)6-7-21(20)26-8-10-30-11-9-26/h2-7,13,18H,8-12,14-15H2,1H3,(H,25,29). The Labute approximate surface area is 181 Å². The van der Waals surface area contributed by atoms with Gasteiger partial charge in [-0.3, -0.25) is 9.59 Å². The van der Waals surface area contributed by atoms with Gasteiger partial charge in [0.2, 0.25) is 11.8 Å². The highest BCUT2D eigenvalue weighted by atomic mass is 35.5. The fourth-order valence-electron chi connectivity index (χ4n) is 3.94. The Bertz CT molecular complexity index is 926. The normalized spacial score (nSPS) is 19.3. The summed E-state index contributed by atoms with van der Waals surface area (Å²) >= 11 is 6.19. The first-order chi connectivity index (χ1) is 14.5. The van der Waals surface area contributed by atoms with E-state index < -0.39 is 0 Å². The highest BCUT2D eigenvalue weighted by molar-refractivity contribution is 6.31. The van der Waals surface area contributed by atoms with E-state index in [2.05, 4.69) is 10.2 Å². The van der Waals surface area contributed by atoms with Crippen molar-refractivity contribution < 1.29 is 14.3 Å². The van der Waals surface area contributed by atoms with E-state index in [1.807, 2.05) is 43.3 Å². The van der Waals surface area contributed by atoms with Crippen LogP contribution in [-0.4, -0.2) is 49.6 Å². The van der Waals surface area contributed by atoms with E-state index in [1.54, 1.807) is 11.0 Å². The lowest BCUT2D eigenvalue weighted by molar-refractivity contribution is -0.128. The molecule has 0 saturated carbocycles. The van der Waals surface area contributed by atoms with E-state index >= 15 is 0 Å². The summed E-state index contributed by atoms with van der Waals surface area (Å²) in [7, 11) is 0. The first-order valence-corrected chi connectivity index (χ1v) is 10.6. The van der Waals surface area contributed by atoms with Gasteiger partial charge in [-0.05, 0) is 30.7 Å². The van der Waals surface area contributed by atoms with Crippen molar-refractivity contribution in [3.63, 3.8) is 0 Å². The van der Waals surface area contributed by atoms with Gasteiger partial charge in [0.25, 0.3) is 0 Å². The van der Waals surface area contributed by atoms with Crippen LogP contribution in [0.25, 0.3) is 0 Å². The topological polar surface area (TPSA) is 61.9 Å². The van der Waals surface area contributed by atoms with Crippen molar-refractivity contribution in [2.45, 2.75) is 19.9 Å². The number of ether oxygens (including phenoxy) is 1. The number of hydrogen-bond acceptors (Lipinski definition) is 4. The number of aryl methyl sites for hydroxylation is 1. The number of nitrogens with one attached hydrogen (secondary N) is 1. The Morgan fingerprint density at radius 2 is 1.90 bits per heavy atom. The Kier molecular flexibility index (Phi) is 6.25. The zero-order chi connectivity index (χ0) is 21.1. The van der Waals surface area contributed by atoms with Crippen molar-refractivity contribution in [1.29, 1.82) is 0 Å². The van der Waals surface area contributed by atoms with Gasteiger partial charge < -0.3 is 19.9 Å². The molecule has 2 aromatic rings. The molecule has 2 fully saturated rings. The van der Waals surface area contributed by atoms with E-state index in [1.165, 1.54) is 5.56 Å². The first kappa shape index (κ1) is 20.7. The summed E-state index contributed by atoms with van der Waals surface area (Å²) < 4.78 is 5.43. The SMILES string of the molecule is Cc1ccc(CN2CC(C(=O)Nc3cc(Cl)ccc3N3CCOCC3)CC2=O)cc1. The molecule has 158 valence electrons. The van der Waals surface area contributed by atoms with Gasteiger partial charge in [0.1, 0.15) is 0 Å².